The lowest BCUT2D eigenvalue weighted by Gasteiger charge is -2.07. The van der Waals surface area contributed by atoms with E-state index in [0.29, 0.717) is 12.1 Å². The van der Waals surface area contributed by atoms with Crippen LogP contribution in [0, 0.1) is 11.8 Å². The van der Waals surface area contributed by atoms with Gasteiger partial charge in [0.05, 0.1) is 0 Å². The van der Waals surface area contributed by atoms with Crippen molar-refractivity contribution in [2.45, 2.75) is 6.36 Å². The van der Waals surface area contributed by atoms with Gasteiger partial charge in [0.15, 0.2) is 5.82 Å². The van der Waals surface area contributed by atoms with E-state index in [-0.39, 0.29) is 0 Å². The second-order valence-electron chi connectivity index (χ2n) is 1.97. The summed E-state index contributed by atoms with van der Waals surface area (Å²) in [5.74, 6) is -4.05. The fourth-order valence-electron chi connectivity index (χ4n) is 0.582. The summed E-state index contributed by atoms with van der Waals surface area (Å²) in [4.78, 5) is 2.57. The van der Waals surface area contributed by atoms with Crippen molar-refractivity contribution in [2.75, 3.05) is 0 Å². The number of rotatable bonds is 1. The lowest BCUT2D eigenvalue weighted by atomic mass is 10.4. The Morgan fingerprint density at radius 1 is 1.15 bits per heavy atom. The molecule has 2 nitrogen and oxygen atoms in total. The van der Waals surface area contributed by atoms with Gasteiger partial charge in [-0.15, -0.1) is 13.2 Å². The Morgan fingerprint density at radius 3 is 2.31 bits per heavy atom. The normalized spacial score (nSPS) is 11.5. The average Bonchev–Trinajstić information content (AvgIpc) is 1.94. The van der Waals surface area contributed by atoms with Crippen molar-refractivity contribution in [1.29, 1.82) is 0 Å². The van der Waals surface area contributed by atoms with Crippen molar-refractivity contribution in [3.05, 3.63) is 23.9 Å². The highest BCUT2D eigenvalue weighted by atomic mass is 19.4. The summed E-state index contributed by atoms with van der Waals surface area (Å²) in [6.45, 7) is 0. The average molecular weight is 199 g/mol. The van der Waals surface area contributed by atoms with Crippen LogP contribution in [0.15, 0.2) is 12.1 Å². The predicted octanol–water partition coefficient (Wildman–Crippen LogP) is 2.26. The van der Waals surface area contributed by atoms with Crippen LogP contribution in [-0.4, -0.2) is 11.3 Å². The maximum absolute atomic E-state index is 12.4. The molecule has 0 aliphatic heterocycles. The third-order valence-corrected chi connectivity index (χ3v) is 0.992. The molecule has 1 aromatic heterocycles. The van der Waals surface area contributed by atoms with Gasteiger partial charge in [-0.1, -0.05) is 0 Å². The SMILES string of the molecule is Fc1ccc(F)c(OC(F)(F)F)n1. The molecular formula is C6H2F5NO. The molecule has 0 saturated heterocycles. The van der Waals surface area contributed by atoms with Crippen LogP contribution < -0.4 is 4.74 Å². The highest BCUT2D eigenvalue weighted by molar-refractivity contribution is 5.13. The molecule has 7 heteroatoms. The van der Waals surface area contributed by atoms with Gasteiger partial charge in [-0.25, -0.2) is 4.39 Å². The van der Waals surface area contributed by atoms with E-state index in [1.165, 1.54) is 0 Å². The molecule has 0 aromatic carbocycles. The summed E-state index contributed by atoms with van der Waals surface area (Å²) >= 11 is 0. The lowest BCUT2D eigenvalue weighted by molar-refractivity contribution is -0.277. The summed E-state index contributed by atoms with van der Waals surface area (Å²) in [6.07, 6.45) is -5.08. The number of pyridine rings is 1. The third-order valence-electron chi connectivity index (χ3n) is 0.992. The molecule has 0 saturated carbocycles. The van der Waals surface area contributed by atoms with Crippen LogP contribution in [0.1, 0.15) is 0 Å². The largest absolute Gasteiger partial charge is 0.574 e. The molecule has 0 aliphatic rings. The molecule has 0 fully saturated rings. The third kappa shape index (κ3) is 2.85. The van der Waals surface area contributed by atoms with E-state index in [1.807, 2.05) is 0 Å². The molecule has 13 heavy (non-hydrogen) atoms. The van der Waals surface area contributed by atoms with Crippen LogP contribution in [0.2, 0.25) is 0 Å². The smallest absolute Gasteiger partial charge is 0.385 e. The van der Waals surface area contributed by atoms with Crippen molar-refractivity contribution >= 4 is 0 Å². The monoisotopic (exact) mass is 199 g/mol. The second kappa shape index (κ2) is 3.15. The molecule has 1 aromatic rings. The van der Waals surface area contributed by atoms with E-state index in [1.54, 1.807) is 0 Å². The van der Waals surface area contributed by atoms with E-state index in [9.17, 15) is 22.0 Å². The maximum atomic E-state index is 12.4. The number of halogens is 5. The topological polar surface area (TPSA) is 22.1 Å². The Bertz CT molecular complexity index is 310. The van der Waals surface area contributed by atoms with Crippen LogP contribution >= 0.6 is 0 Å². The Morgan fingerprint density at radius 2 is 1.77 bits per heavy atom. The molecule has 0 unspecified atom stereocenters. The van der Waals surface area contributed by atoms with Crippen LogP contribution in [0.25, 0.3) is 0 Å². The van der Waals surface area contributed by atoms with Crippen LogP contribution in [0.5, 0.6) is 5.88 Å². The Hall–Kier alpha value is -1.40. The van der Waals surface area contributed by atoms with E-state index >= 15 is 0 Å². The highest BCUT2D eigenvalue weighted by Gasteiger charge is 2.33. The van der Waals surface area contributed by atoms with Crippen LogP contribution in [0.4, 0.5) is 22.0 Å². The summed E-state index contributed by atoms with van der Waals surface area (Å²) in [6, 6.07) is 1.07. The molecule has 1 rings (SSSR count). The standard InChI is InChI=1S/C6H2F5NO/c7-3-1-2-4(8)12-5(3)13-6(9,10)11/h1-2H. The maximum Gasteiger partial charge on any atom is 0.574 e. The molecule has 0 atom stereocenters. The first-order valence-electron chi connectivity index (χ1n) is 2.96. The zero-order valence-corrected chi connectivity index (χ0v) is 5.90. The van der Waals surface area contributed by atoms with Crippen molar-refractivity contribution in [3.8, 4) is 5.88 Å². The van der Waals surface area contributed by atoms with Crippen molar-refractivity contribution in [1.82, 2.24) is 4.98 Å². The van der Waals surface area contributed by atoms with Gasteiger partial charge in [0.2, 0.25) is 5.95 Å². The summed E-state index contributed by atoms with van der Waals surface area (Å²) in [5, 5.41) is 0. The molecule has 0 spiro atoms. The van der Waals surface area contributed by atoms with E-state index in [2.05, 4.69) is 9.72 Å². The quantitative estimate of drug-likeness (QED) is 0.511. The van der Waals surface area contributed by atoms with Gasteiger partial charge in [-0.3, -0.25) is 0 Å². The van der Waals surface area contributed by atoms with E-state index in [4.69, 9.17) is 0 Å². The Labute approximate surface area is 69.0 Å². The van der Waals surface area contributed by atoms with E-state index < -0.39 is 24.0 Å². The molecular weight excluding hydrogens is 197 g/mol. The van der Waals surface area contributed by atoms with Gasteiger partial charge in [0.25, 0.3) is 5.88 Å². The number of nitrogens with zero attached hydrogens (tertiary/aromatic N) is 1. The second-order valence-corrected chi connectivity index (χ2v) is 1.97. The minimum absolute atomic E-state index is 0.489. The number of hydrogen-bond donors (Lipinski definition) is 0. The van der Waals surface area contributed by atoms with Crippen LogP contribution in [-0.2, 0) is 0 Å². The van der Waals surface area contributed by atoms with Gasteiger partial charge in [0.1, 0.15) is 0 Å². The first-order valence-corrected chi connectivity index (χ1v) is 2.96. The molecule has 0 aliphatic carbocycles. The van der Waals surface area contributed by atoms with Crippen molar-refractivity contribution in [3.63, 3.8) is 0 Å². The van der Waals surface area contributed by atoms with Gasteiger partial charge in [0, 0.05) is 0 Å². The fraction of sp³-hybridized carbons (Fsp3) is 0.167. The summed E-state index contributed by atoms with van der Waals surface area (Å²) < 4.78 is 62.2. The number of alkyl halides is 3. The van der Waals surface area contributed by atoms with Gasteiger partial charge in [-0.2, -0.15) is 9.37 Å². The Balaban J connectivity index is 2.94. The zero-order chi connectivity index (χ0) is 10.1. The van der Waals surface area contributed by atoms with Crippen molar-refractivity contribution in [2.24, 2.45) is 0 Å². The van der Waals surface area contributed by atoms with Crippen LogP contribution in [0.3, 0.4) is 0 Å². The van der Waals surface area contributed by atoms with Crippen molar-refractivity contribution < 1.29 is 26.7 Å². The minimum Gasteiger partial charge on any atom is -0.385 e. The van der Waals surface area contributed by atoms with Gasteiger partial charge >= 0.3 is 6.36 Å². The summed E-state index contributed by atoms with van der Waals surface area (Å²) in [7, 11) is 0. The lowest BCUT2D eigenvalue weighted by Crippen LogP contribution is -2.19. The molecule has 72 valence electrons. The van der Waals surface area contributed by atoms with E-state index in [0.717, 1.165) is 0 Å². The predicted molar refractivity (Wildman–Crippen MR) is 30.8 cm³/mol. The molecule has 1 heterocycles. The fourth-order valence-corrected chi connectivity index (χ4v) is 0.582. The molecule has 0 radical (unpaired) electrons. The molecule has 0 N–H and O–H groups in total. The first kappa shape index (κ1) is 9.69. The number of ether oxygens (including phenoxy) is 1. The Kier molecular flexibility index (Phi) is 2.35. The molecule has 0 amide bonds. The first-order chi connectivity index (χ1) is 5.88. The van der Waals surface area contributed by atoms with Gasteiger partial charge < -0.3 is 4.74 Å². The summed E-state index contributed by atoms with van der Waals surface area (Å²) in [5.41, 5.74) is 0. The highest BCUT2D eigenvalue weighted by Crippen LogP contribution is 2.23. The number of hydrogen-bond acceptors (Lipinski definition) is 2. The minimum atomic E-state index is -5.08. The zero-order valence-electron chi connectivity index (χ0n) is 5.90. The molecule has 0 bridgehead atoms. The van der Waals surface area contributed by atoms with Gasteiger partial charge in [-0.05, 0) is 12.1 Å². The number of aromatic nitrogens is 1.